The second-order valence-electron chi connectivity index (χ2n) is 1.98. The van der Waals surface area contributed by atoms with Crippen LogP contribution in [0.4, 0.5) is 5.69 Å². The number of nitro groups is 1. The maximum atomic E-state index is 10.2. The Morgan fingerprint density at radius 3 is 2.45 bits per heavy atom. The molecule has 0 aromatic heterocycles. The second-order valence-corrected chi connectivity index (χ2v) is 1.98. The Morgan fingerprint density at radius 1 is 1.55 bits per heavy atom. The van der Waals surface area contributed by atoms with Gasteiger partial charge in [-0.3, -0.25) is 10.1 Å². The van der Waals surface area contributed by atoms with Crippen LogP contribution in [0.5, 0.6) is 0 Å². The number of aliphatic hydroxyl groups excluding tert-OH is 1. The third kappa shape index (κ3) is 1.75. The van der Waals surface area contributed by atoms with Crippen LogP contribution in [0, 0.1) is 10.1 Å². The average molecular weight is 154 g/mol. The molecule has 0 fully saturated rings. The zero-order valence-electron chi connectivity index (χ0n) is 6.60. The molecule has 1 aromatic carbocycles. The molecule has 0 spiro atoms. The van der Waals surface area contributed by atoms with E-state index in [9.17, 15) is 10.1 Å². The average Bonchev–Trinajstić information content (AvgIpc) is 2.04. The molecular formula is C7H7NO3. The van der Waals surface area contributed by atoms with Crippen LogP contribution < -0.4 is 0 Å². The standard InChI is InChI=1S/C7H7NO3/c9-5-6-1-3-7(4-2-6)8(10)11/h1-4,9H,5H2/i5D. The Bertz CT molecular complexity index is 283. The van der Waals surface area contributed by atoms with Crippen LogP contribution in [0.2, 0.25) is 0 Å². The Morgan fingerprint density at radius 2 is 2.09 bits per heavy atom. The lowest BCUT2D eigenvalue weighted by molar-refractivity contribution is -0.384. The second kappa shape index (κ2) is 3.12. The minimum atomic E-state index is -1.33. The molecule has 1 N–H and O–H groups in total. The Labute approximate surface area is 64.6 Å². The van der Waals surface area contributed by atoms with E-state index in [0.29, 0.717) is 5.56 Å². The largest absolute Gasteiger partial charge is 0.392 e. The first-order valence-corrected chi connectivity index (χ1v) is 2.96. The highest BCUT2D eigenvalue weighted by molar-refractivity contribution is 5.32. The SMILES string of the molecule is [2H]C(O)c1ccc([N+](=O)[O-])cc1. The summed E-state index contributed by atoms with van der Waals surface area (Å²) in [4.78, 5) is 9.65. The Kier molecular flexibility index (Phi) is 1.78. The van der Waals surface area contributed by atoms with E-state index in [1.807, 2.05) is 0 Å². The highest BCUT2D eigenvalue weighted by Gasteiger charge is 2.02. The summed E-state index contributed by atoms with van der Waals surface area (Å²) in [5, 5.41) is 18.9. The fourth-order valence-electron chi connectivity index (χ4n) is 0.682. The van der Waals surface area contributed by atoms with Gasteiger partial charge in [-0.05, 0) is 17.7 Å². The molecule has 58 valence electrons. The fourth-order valence-corrected chi connectivity index (χ4v) is 0.682. The smallest absolute Gasteiger partial charge is 0.269 e. The van der Waals surface area contributed by atoms with Gasteiger partial charge in [0.15, 0.2) is 0 Å². The number of hydrogen-bond donors (Lipinski definition) is 1. The third-order valence-corrected chi connectivity index (χ3v) is 1.25. The van der Waals surface area contributed by atoms with Crippen LogP contribution in [-0.2, 0) is 6.58 Å². The van der Waals surface area contributed by atoms with E-state index >= 15 is 0 Å². The molecule has 1 atom stereocenters. The molecule has 1 rings (SSSR count). The predicted molar refractivity (Wildman–Crippen MR) is 39.0 cm³/mol. The summed E-state index contributed by atoms with van der Waals surface area (Å²) in [7, 11) is 0. The quantitative estimate of drug-likeness (QED) is 0.512. The summed E-state index contributed by atoms with van der Waals surface area (Å²) < 4.78 is 6.88. The van der Waals surface area contributed by atoms with Crippen molar-refractivity contribution < 1.29 is 11.4 Å². The first-order chi connectivity index (χ1) is 5.61. The number of hydrogen-bond acceptors (Lipinski definition) is 3. The molecule has 4 heteroatoms. The third-order valence-electron chi connectivity index (χ3n) is 1.25. The van der Waals surface area contributed by atoms with Gasteiger partial charge in [-0.15, -0.1) is 0 Å². The van der Waals surface area contributed by atoms with E-state index in [-0.39, 0.29) is 5.69 Å². The zero-order chi connectivity index (χ0) is 9.14. The van der Waals surface area contributed by atoms with E-state index in [4.69, 9.17) is 6.48 Å². The summed E-state index contributed by atoms with van der Waals surface area (Å²) in [6, 6.07) is 5.23. The number of benzene rings is 1. The van der Waals surface area contributed by atoms with Crippen molar-refractivity contribution in [2.45, 2.75) is 6.58 Å². The Hall–Kier alpha value is -1.42. The minimum absolute atomic E-state index is 0.0422. The molecule has 0 aliphatic carbocycles. The minimum Gasteiger partial charge on any atom is -0.392 e. The van der Waals surface area contributed by atoms with Gasteiger partial charge in [0.05, 0.1) is 12.9 Å². The van der Waals surface area contributed by atoms with Gasteiger partial charge in [0.2, 0.25) is 0 Å². The number of nitrogens with zero attached hydrogens (tertiary/aromatic N) is 1. The molecule has 0 aliphatic rings. The van der Waals surface area contributed by atoms with Crippen LogP contribution in [0.25, 0.3) is 0 Å². The van der Waals surface area contributed by atoms with Gasteiger partial charge >= 0.3 is 0 Å². The normalized spacial score (nSPS) is 13.7. The van der Waals surface area contributed by atoms with E-state index < -0.39 is 11.5 Å². The van der Waals surface area contributed by atoms with E-state index in [0.717, 1.165) is 0 Å². The summed E-state index contributed by atoms with van der Waals surface area (Å²) in [5.74, 6) is 0. The van der Waals surface area contributed by atoms with Crippen LogP contribution in [0.1, 0.15) is 6.93 Å². The maximum absolute atomic E-state index is 10.2. The summed E-state index contributed by atoms with van der Waals surface area (Å²) in [6.45, 7) is -1.33. The molecule has 0 amide bonds. The number of nitro benzene ring substituents is 1. The van der Waals surface area contributed by atoms with Gasteiger partial charge < -0.3 is 5.11 Å². The van der Waals surface area contributed by atoms with Gasteiger partial charge in [-0.2, -0.15) is 0 Å². The molecule has 1 aromatic rings. The highest BCUT2D eigenvalue weighted by atomic mass is 16.6. The summed E-state index contributed by atoms with van der Waals surface area (Å²) >= 11 is 0. The van der Waals surface area contributed by atoms with Crippen LogP contribution in [0.15, 0.2) is 24.3 Å². The monoisotopic (exact) mass is 154 g/mol. The molecule has 0 heterocycles. The van der Waals surface area contributed by atoms with Crippen LogP contribution in [-0.4, -0.2) is 10.0 Å². The van der Waals surface area contributed by atoms with E-state index in [1.54, 1.807) is 0 Å². The van der Waals surface area contributed by atoms with Crippen molar-refractivity contribution in [2.75, 3.05) is 0 Å². The highest BCUT2D eigenvalue weighted by Crippen LogP contribution is 2.11. The van der Waals surface area contributed by atoms with Crippen LogP contribution >= 0.6 is 0 Å². The van der Waals surface area contributed by atoms with E-state index in [2.05, 4.69) is 0 Å². The van der Waals surface area contributed by atoms with Crippen molar-refractivity contribution in [3.05, 3.63) is 39.9 Å². The lowest BCUT2D eigenvalue weighted by Crippen LogP contribution is -1.88. The Balaban J connectivity index is 2.93. The van der Waals surface area contributed by atoms with Gasteiger partial charge in [0.25, 0.3) is 5.69 Å². The van der Waals surface area contributed by atoms with E-state index in [1.165, 1.54) is 24.3 Å². The molecule has 11 heavy (non-hydrogen) atoms. The topological polar surface area (TPSA) is 63.4 Å². The molecule has 4 nitrogen and oxygen atoms in total. The van der Waals surface area contributed by atoms with Crippen molar-refractivity contribution in [2.24, 2.45) is 0 Å². The lowest BCUT2D eigenvalue weighted by Gasteiger charge is -1.93. The van der Waals surface area contributed by atoms with Crippen molar-refractivity contribution in [3.63, 3.8) is 0 Å². The lowest BCUT2D eigenvalue weighted by atomic mass is 10.2. The maximum Gasteiger partial charge on any atom is 0.269 e. The van der Waals surface area contributed by atoms with Crippen molar-refractivity contribution in [1.82, 2.24) is 0 Å². The van der Waals surface area contributed by atoms with Gasteiger partial charge in [-0.1, -0.05) is 0 Å². The molecule has 0 radical (unpaired) electrons. The van der Waals surface area contributed by atoms with Crippen molar-refractivity contribution in [1.29, 1.82) is 0 Å². The fraction of sp³-hybridized carbons (Fsp3) is 0.143. The van der Waals surface area contributed by atoms with Gasteiger partial charge in [0.1, 0.15) is 0 Å². The number of aliphatic hydroxyl groups is 1. The van der Waals surface area contributed by atoms with Gasteiger partial charge in [0, 0.05) is 12.1 Å². The molecular weight excluding hydrogens is 146 g/mol. The molecule has 1 unspecified atom stereocenters. The zero-order valence-corrected chi connectivity index (χ0v) is 5.60. The molecule has 0 saturated heterocycles. The van der Waals surface area contributed by atoms with Crippen LogP contribution in [0.3, 0.4) is 0 Å². The molecule has 0 saturated carbocycles. The van der Waals surface area contributed by atoms with Gasteiger partial charge in [-0.25, -0.2) is 0 Å². The molecule has 0 bridgehead atoms. The summed E-state index contributed by atoms with van der Waals surface area (Å²) in [5.41, 5.74) is 0.306. The predicted octanol–water partition coefficient (Wildman–Crippen LogP) is 1.09. The molecule has 0 aliphatic heterocycles. The number of non-ortho nitro benzene ring substituents is 1. The first kappa shape index (κ1) is 6.30. The van der Waals surface area contributed by atoms with Crippen molar-refractivity contribution >= 4 is 5.69 Å². The number of rotatable bonds is 2. The van der Waals surface area contributed by atoms with Crippen molar-refractivity contribution in [3.8, 4) is 0 Å². The first-order valence-electron chi connectivity index (χ1n) is 3.53. The summed E-state index contributed by atoms with van der Waals surface area (Å²) in [6.07, 6.45) is 0.